The lowest BCUT2D eigenvalue weighted by atomic mass is 9.73. The van der Waals surface area contributed by atoms with Crippen LogP contribution in [-0.4, -0.2) is 25.7 Å². The number of carbonyl (C=O) groups is 1. The fraction of sp³-hybridized carbons (Fsp3) is 0.435. The highest BCUT2D eigenvalue weighted by molar-refractivity contribution is 5.99. The molecule has 3 rings (SSSR count). The zero-order chi connectivity index (χ0) is 19.4. The van der Waals surface area contributed by atoms with Gasteiger partial charge in [-0.25, -0.2) is 0 Å². The molecule has 0 atom stereocenters. The molecule has 1 fully saturated rings. The molecule has 144 valence electrons. The van der Waals surface area contributed by atoms with Crippen LogP contribution in [0.25, 0.3) is 0 Å². The molecule has 0 radical (unpaired) electrons. The predicted molar refractivity (Wildman–Crippen MR) is 109 cm³/mol. The number of anilines is 1. The van der Waals surface area contributed by atoms with Gasteiger partial charge < -0.3 is 14.8 Å². The van der Waals surface area contributed by atoms with E-state index in [0.29, 0.717) is 32.7 Å². The summed E-state index contributed by atoms with van der Waals surface area (Å²) in [5.74, 6) is 0.937. The van der Waals surface area contributed by atoms with E-state index >= 15 is 0 Å². The van der Waals surface area contributed by atoms with Gasteiger partial charge in [-0.2, -0.15) is 0 Å². The maximum Gasteiger partial charge on any atom is 0.235 e. The van der Waals surface area contributed by atoms with Gasteiger partial charge in [-0.3, -0.25) is 4.79 Å². The average Bonchev–Trinajstić information content (AvgIpc) is 2.66. The first-order valence-corrected chi connectivity index (χ1v) is 9.66. The molecule has 1 aliphatic rings. The molecule has 4 nitrogen and oxygen atoms in total. The van der Waals surface area contributed by atoms with E-state index in [9.17, 15) is 4.79 Å². The Morgan fingerprint density at radius 3 is 2.22 bits per heavy atom. The summed E-state index contributed by atoms with van der Waals surface area (Å²) in [5, 5.41) is 3.17. The van der Waals surface area contributed by atoms with Crippen molar-refractivity contribution in [2.75, 3.05) is 25.1 Å². The molecule has 0 unspecified atom stereocenters. The van der Waals surface area contributed by atoms with Crippen LogP contribution in [0.5, 0.6) is 5.75 Å². The average molecular weight is 367 g/mol. The van der Waals surface area contributed by atoms with Crippen molar-refractivity contribution in [2.45, 2.75) is 46.0 Å². The minimum Gasteiger partial charge on any atom is -0.493 e. The summed E-state index contributed by atoms with van der Waals surface area (Å²) in [4.78, 5) is 13.4. The third-order valence-electron chi connectivity index (χ3n) is 5.39. The Hall–Kier alpha value is -2.33. The van der Waals surface area contributed by atoms with E-state index in [0.717, 1.165) is 28.1 Å². The van der Waals surface area contributed by atoms with E-state index in [1.54, 1.807) is 0 Å². The Bertz CT molecular complexity index is 782. The number of rotatable bonds is 5. The highest BCUT2D eigenvalue weighted by Crippen LogP contribution is 2.37. The number of carbonyl (C=O) groups excluding carboxylic acids is 1. The van der Waals surface area contributed by atoms with Crippen LogP contribution >= 0.6 is 0 Å². The van der Waals surface area contributed by atoms with Crippen molar-refractivity contribution in [3.05, 3.63) is 58.7 Å². The molecule has 0 saturated carbocycles. The summed E-state index contributed by atoms with van der Waals surface area (Å²) in [5.41, 5.74) is 4.59. The van der Waals surface area contributed by atoms with Gasteiger partial charge in [0, 0.05) is 18.9 Å². The SMILES string of the molecule is CCOc1c(C)cc(NC(=O)C2(c3ccc(C)cc3)CCOCC2)cc1C. The van der Waals surface area contributed by atoms with Gasteiger partial charge >= 0.3 is 0 Å². The van der Waals surface area contributed by atoms with Gasteiger partial charge in [0.2, 0.25) is 5.91 Å². The fourth-order valence-electron chi connectivity index (χ4n) is 3.88. The molecule has 1 amide bonds. The van der Waals surface area contributed by atoms with Crippen LogP contribution in [0.15, 0.2) is 36.4 Å². The maximum absolute atomic E-state index is 13.4. The molecule has 0 aromatic heterocycles. The first kappa shape index (κ1) is 19.4. The van der Waals surface area contributed by atoms with Gasteiger partial charge in [-0.05, 0) is 69.4 Å². The number of benzene rings is 2. The normalized spacial score (nSPS) is 16.0. The molecule has 4 heteroatoms. The second kappa shape index (κ2) is 8.13. The zero-order valence-corrected chi connectivity index (χ0v) is 16.7. The molecule has 0 bridgehead atoms. The Labute approximate surface area is 161 Å². The topological polar surface area (TPSA) is 47.6 Å². The molecule has 2 aromatic carbocycles. The number of hydrogen-bond acceptors (Lipinski definition) is 3. The van der Waals surface area contributed by atoms with Crippen LogP contribution in [0.2, 0.25) is 0 Å². The van der Waals surface area contributed by atoms with Crippen LogP contribution in [0, 0.1) is 20.8 Å². The highest BCUT2D eigenvalue weighted by atomic mass is 16.5. The standard InChI is InChI=1S/C23H29NO3/c1-5-27-21-17(3)14-20(15-18(21)4)24-22(25)23(10-12-26-13-11-23)19-8-6-16(2)7-9-19/h6-9,14-15H,5,10-13H2,1-4H3,(H,24,25). The molecule has 2 aromatic rings. The van der Waals surface area contributed by atoms with E-state index in [1.807, 2.05) is 32.9 Å². The number of nitrogens with one attached hydrogen (secondary N) is 1. The van der Waals surface area contributed by atoms with E-state index in [1.165, 1.54) is 5.56 Å². The molecule has 0 spiro atoms. The molecule has 27 heavy (non-hydrogen) atoms. The predicted octanol–water partition coefficient (Wildman–Crippen LogP) is 4.70. The number of aryl methyl sites for hydroxylation is 3. The molecular formula is C23H29NO3. The maximum atomic E-state index is 13.4. The van der Waals surface area contributed by atoms with Gasteiger partial charge in [0.15, 0.2) is 0 Å². The lowest BCUT2D eigenvalue weighted by Gasteiger charge is -2.36. The van der Waals surface area contributed by atoms with Crippen molar-refractivity contribution >= 4 is 11.6 Å². The summed E-state index contributed by atoms with van der Waals surface area (Å²) >= 11 is 0. The third kappa shape index (κ3) is 4.01. The zero-order valence-electron chi connectivity index (χ0n) is 16.7. The van der Waals surface area contributed by atoms with Crippen molar-refractivity contribution in [3.63, 3.8) is 0 Å². The largest absolute Gasteiger partial charge is 0.493 e. The Kier molecular flexibility index (Phi) is 5.85. The van der Waals surface area contributed by atoms with Crippen molar-refractivity contribution in [3.8, 4) is 5.75 Å². The fourth-order valence-corrected chi connectivity index (χ4v) is 3.88. The molecule has 1 aliphatic heterocycles. The van der Waals surface area contributed by atoms with Crippen LogP contribution in [-0.2, 0) is 14.9 Å². The van der Waals surface area contributed by atoms with Crippen molar-refractivity contribution < 1.29 is 14.3 Å². The van der Waals surface area contributed by atoms with Gasteiger partial charge in [0.1, 0.15) is 5.75 Å². The minimum absolute atomic E-state index is 0.0395. The van der Waals surface area contributed by atoms with Crippen LogP contribution in [0.3, 0.4) is 0 Å². The molecule has 0 aliphatic carbocycles. The quantitative estimate of drug-likeness (QED) is 0.833. The smallest absolute Gasteiger partial charge is 0.235 e. The van der Waals surface area contributed by atoms with E-state index < -0.39 is 5.41 Å². The van der Waals surface area contributed by atoms with E-state index in [2.05, 4.69) is 36.5 Å². The number of amides is 1. The lowest BCUT2D eigenvalue weighted by Crippen LogP contribution is -2.44. The molecule has 1 saturated heterocycles. The molecule has 1 N–H and O–H groups in total. The summed E-state index contributed by atoms with van der Waals surface area (Å²) in [6.45, 7) is 9.89. The van der Waals surface area contributed by atoms with Crippen LogP contribution < -0.4 is 10.1 Å². The molecular weight excluding hydrogens is 338 g/mol. The van der Waals surface area contributed by atoms with Gasteiger partial charge in [0.05, 0.1) is 12.0 Å². The Morgan fingerprint density at radius 1 is 1.07 bits per heavy atom. The van der Waals surface area contributed by atoms with Gasteiger partial charge in [-0.1, -0.05) is 29.8 Å². The van der Waals surface area contributed by atoms with Crippen molar-refractivity contribution in [1.82, 2.24) is 0 Å². The second-order valence-electron chi connectivity index (χ2n) is 7.39. The summed E-state index contributed by atoms with van der Waals surface area (Å²) in [6, 6.07) is 12.3. The van der Waals surface area contributed by atoms with E-state index in [-0.39, 0.29) is 5.91 Å². The number of ether oxygens (including phenoxy) is 2. The number of hydrogen-bond donors (Lipinski definition) is 1. The van der Waals surface area contributed by atoms with Gasteiger partial charge in [0.25, 0.3) is 0 Å². The third-order valence-corrected chi connectivity index (χ3v) is 5.39. The highest BCUT2D eigenvalue weighted by Gasteiger charge is 2.41. The Balaban J connectivity index is 1.90. The Morgan fingerprint density at radius 2 is 1.67 bits per heavy atom. The second-order valence-corrected chi connectivity index (χ2v) is 7.39. The summed E-state index contributed by atoms with van der Waals surface area (Å²) in [7, 11) is 0. The van der Waals surface area contributed by atoms with E-state index in [4.69, 9.17) is 9.47 Å². The van der Waals surface area contributed by atoms with Gasteiger partial charge in [-0.15, -0.1) is 0 Å². The van der Waals surface area contributed by atoms with Crippen molar-refractivity contribution in [2.24, 2.45) is 0 Å². The summed E-state index contributed by atoms with van der Waals surface area (Å²) < 4.78 is 11.3. The van der Waals surface area contributed by atoms with Crippen LogP contribution in [0.4, 0.5) is 5.69 Å². The monoisotopic (exact) mass is 367 g/mol. The first-order valence-electron chi connectivity index (χ1n) is 9.66. The van der Waals surface area contributed by atoms with Crippen molar-refractivity contribution in [1.29, 1.82) is 0 Å². The summed E-state index contributed by atoms with van der Waals surface area (Å²) in [6.07, 6.45) is 1.38. The molecule has 1 heterocycles. The van der Waals surface area contributed by atoms with Crippen LogP contribution in [0.1, 0.15) is 42.0 Å². The minimum atomic E-state index is -0.549. The first-order chi connectivity index (χ1) is 13.0. The lowest BCUT2D eigenvalue weighted by molar-refractivity contribution is -0.125.